The minimum atomic E-state index is -0.838. The predicted octanol–water partition coefficient (Wildman–Crippen LogP) is 4.44. The van der Waals surface area contributed by atoms with Crippen molar-refractivity contribution in [1.29, 1.82) is 0 Å². The van der Waals surface area contributed by atoms with E-state index in [0.29, 0.717) is 17.4 Å². The highest BCUT2D eigenvalue weighted by molar-refractivity contribution is 5.68. The minimum Gasteiger partial charge on any atom is -0.481 e. The second-order valence-corrected chi connectivity index (χ2v) is 8.61. The third-order valence-corrected chi connectivity index (χ3v) is 6.40. The SMILES string of the molecule is O=C(O)C[C@@H](CCCC1CCCCC1)c1nc(-c2nccnc2N2CCCC2)no1. The van der Waals surface area contributed by atoms with Gasteiger partial charge in [0.25, 0.3) is 0 Å². The molecule has 2 aromatic heterocycles. The third kappa shape index (κ3) is 5.15. The smallest absolute Gasteiger partial charge is 0.304 e. The second kappa shape index (κ2) is 10.00. The summed E-state index contributed by atoms with van der Waals surface area (Å²) in [6.45, 7) is 1.89. The zero-order valence-electron chi connectivity index (χ0n) is 17.5. The fourth-order valence-electron chi connectivity index (χ4n) is 4.80. The zero-order chi connectivity index (χ0) is 20.8. The third-order valence-electron chi connectivity index (χ3n) is 6.40. The maximum absolute atomic E-state index is 11.4. The van der Waals surface area contributed by atoms with Gasteiger partial charge in [0.1, 0.15) is 0 Å². The quantitative estimate of drug-likeness (QED) is 0.643. The van der Waals surface area contributed by atoms with Crippen LogP contribution in [0.4, 0.5) is 5.82 Å². The van der Waals surface area contributed by atoms with E-state index in [1.807, 2.05) is 0 Å². The maximum atomic E-state index is 11.4. The summed E-state index contributed by atoms with van der Waals surface area (Å²) in [6, 6.07) is 0. The highest BCUT2D eigenvalue weighted by Gasteiger charge is 2.26. The fraction of sp³-hybridized carbons (Fsp3) is 0.682. The summed E-state index contributed by atoms with van der Waals surface area (Å²) < 4.78 is 5.53. The van der Waals surface area contributed by atoms with Crippen molar-refractivity contribution in [3.05, 3.63) is 18.3 Å². The molecule has 0 unspecified atom stereocenters. The van der Waals surface area contributed by atoms with Gasteiger partial charge in [0.15, 0.2) is 11.5 Å². The lowest BCUT2D eigenvalue weighted by Gasteiger charge is -2.21. The van der Waals surface area contributed by atoms with Crippen LogP contribution in [0.1, 0.15) is 82.4 Å². The molecule has 1 saturated carbocycles. The van der Waals surface area contributed by atoms with Crippen molar-refractivity contribution in [1.82, 2.24) is 20.1 Å². The molecule has 8 heteroatoms. The lowest BCUT2D eigenvalue weighted by atomic mass is 9.84. The van der Waals surface area contributed by atoms with Crippen LogP contribution in [-0.4, -0.2) is 44.3 Å². The molecule has 0 amide bonds. The Bertz CT molecular complexity index is 828. The summed E-state index contributed by atoms with van der Waals surface area (Å²) in [5.41, 5.74) is 0.602. The van der Waals surface area contributed by atoms with Crippen LogP contribution in [0.5, 0.6) is 0 Å². The van der Waals surface area contributed by atoms with Gasteiger partial charge in [-0.2, -0.15) is 4.98 Å². The molecule has 2 aliphatic rings. The molecule has 2 aromatic rings. The minimum absolute atomic E-state index is 0.00570. The molecule has 8 nitrogen and oxygen atoms in total. The number of nitrogens with zero attached hydrogens (tertiary/aromatic N) is 5. The Labute approximate surface area is 177 Å². The van der Waals surface area contributed by atoms with E-state index in [1.54, 1.807) is 12.4 Å². The van der Waals surface area contributed by atoms with Gasteiger partial charge in [-0.05, 0) is 25.2 Å². The van der Waals surface area contributed by atoms with Crippen molar-refractivity contribution in [2.75, 3.05) is 18.0 Å². The van der Waals surface area contributed by atoms with Gasteiger partial charge in [-0.15, -0.1) is 0 Å². The Balaban J connectivity index is 1.46. The van der Waals surface area contributed by atoms with Crippen molar-refractivity contribution < 1.29 is 14.4 Å². The van der Waals surface area contributed by atoms with Crippen LogP contribution in [-0.2, 0) is 4.79 Å². The van der Waals surface area contributed by atoms with Crippen molar-refractivity contribution in [3.63, 3.8) is 0 Å². The molecule has 0 aromatic carbocycles. The van der Waals surface area contributed by atoms with Gasteiger partial charge in [-0.1, -0.05) is 50.1 Å². The lowest BCUT2D eigenvalue weighted by Crippen LogP contribution is -2.20. The molecule has 30 heavy (non-hydrogen) atoms. The van der Waals surface area contributed by atoms with E-state index in [2.05, 4.69) is 25.0 Å². The number of hydrogen-bond donors (Lipinski definition) is 1. The van der Waals surface area contributed by atoms with E-state index in [0.717, 1.165) is 56.9 Å². The van der Waals surface area contributed by atoms with Crippen LogP contribution in [0.15, 0.2) is 16.9 Å². The summed E-state index contributed by atoms with van der Waals surface area (Å²) in [5, 5.41) is 13.5. The first-order chi connectivity index (χ1) is 14.7. The van der Waals surface area contributed by atoms with E-state index in [-0.39, 0.29) is 12.3 Å². The number of hydrogen-bond acceptors (Lipinski definition) is 7. The molecular formula is C22H31N5O3. The molecule has 1 aliphatic carbocycles. The number of rotatable bonds is 9. The average molecular weight is 414 g/mol. The van der Waals surface area contributed by atoms with Gasteiger partial charge in [0, 0.05) is 31.4 Å². The Morgan fingerprint density at radius 3 is 2.67 bits per heavy atom. The molecule has 4 rings (SSSR count). The van der Waals surface area contributed by atoms with E-state index in [9.17, 15) is 9.90 Å². The van der Waals surface area contributed by atoms with E-state index in [1.165, 1.54) is 32.1 Å². The van der Waals surface area contributed by atoms with Crippen molar-refractivity contribution in [2.45, 2.75) is 76.5 Å². The molecule has 0 radical (unpaired) electrons. The molecule has 1 saturated heterocycles. The first-order valence-corrected chi connectivity index (χ1v) is 11.3. The Morgan fingerprint density at radius 2 is 1.90 bits per heavy atom. The molecule has 162 valence electrons. The van der Waals surface area contributed by atoms with Gasteiger partial charge >= 0.3 is 5.97 Å². The number of carboxylic acids is 1. The molecule has 0 spiro atoms. The Hall–Kier alpha value is -2.51. The molecule has 3 heterocycles. The van der Waals surface area contributed by atoms with Gasteiger partial charge < -0.3 is 14.5 Å². The standard InChI is InChI=1S/C22H31N5O3/c28-18(29)15-17(10-6-9-16-7-2-1-3-8-16)22-25-20(26-30-22)19-21(24-12-11-23-19)27-13-4-5-14-27/h11-12,16-17H,1-10,13-15H2,(H,28,29)/t17-/m1/s1. The first kappa shape index (κ1) is 20.8. The summed E-state index contributed by atoms with van der Waals surface area (Å²) in [4.78, 5) is 27.1. The van der Waals surface area contributed by atoms with E-state index >= 15 is 0 Å². The lowest BCUT2D eigenvalue weighted by molar-refractivity contribution is -0.137. The Morgan fingerprint density at radius 1 is 1.13 bits per heavy atom. The number of aromatic nitrogens is 4. The largest absolute Gasteiger partial charge is 0.481 e. The van der Waals surface area contributed by atoms with Gasteiger partial charge in [-0.25, -0.2) is 9.97 Å². The van der Waals surface area contributed by atoms with Crippen LogP contribution < -0.4 is 4.90 Å². The van der Waals surface area contributed by atoms with Gasteiger partial charge in [0.2, 0.25) is 11.7 Å². The van der Waals surface area contributed by atoms with Crippen LogP contribution in [0.25, 0.3) is 11.5 Å². The molecule has 1 aliphatic heterocycles. The molecule has 0 bridgehead atoms. The Kier molecular flexibility index (Phi) is 6.92. The summed E-state index contributed by atoms with van der Waals surface area (Å²) in [5.74, 6) is 1.24. The van der Waals surface area contributed by atoms with E-state index < -0.39 is 5.97 Å². The molecular weight excluding hydrogens is 382 g/mol. The maximum Gasteiger partial charge on any atom is 0.304 e. The average Bonchev–Trinajstić information content (AvgIpc) is 3.46. The van der Waals surface area contributed by atoms with Crippen LogP contribution in [0.3, 0.4) is 0 Å². The monoisotopic (exact) mass is 413 g/mol. The highest BCUT2D eigenvalue weighted by atomic mass is 16.5. The van der Waals surface area contributed by atoms with Crippen molar-refractivity contribution in [2.24, 2.45) is 5.92 Å². The topological polar surface area (TPSA) is 105 Å². The van der Waals surface area contributed by atoms with Crippen molar-refractivity contribution >= 4 is 11.8 Å². The predicted molar refractivity (Wildman–Crippen MR) is 112 cm³/mol. The van der Waals surface area contributed by atoms with E-state index in [4.69, 9.17) is 4.52 Å². The van der Waals surface area contributed by atoms with Crippen molar-refractivity contribution in [3.8, 4) is 11.5 Å². The zero-order valence-corrected chi connectivity index (χ0v) is 17.5. The summed E-state index contributed by atoms with van der Waals surface area (Å²) >= 11 is 0. The fourth-order valence-corrected chi connectivity index (χ4v) is 4.80. The van der Waals surface area contributed by atoms with Crippen LogP contribution >= 0.6 is 0 Å². The number of aliphatic carboxylic acids is 1. The molecule has 1 atom stereocenters. The van der Waals surface area contributed by atoms with Crippen LogP contribution in [0.2, 0.25) is 0 Å². The number of carboxylic acid groups (broad SMARTS) is 1. The van der Waals surface area contributed by atoms with Gasteiger partial charge in [-0.3, -0.25) is 4.79 Å². The second-order valence-electron chi connectivity index (χ2n) is 8.61. The molecule has 2 fully saturated rings. The molecule has 1 N–H and O–H groups in total. The summed E-state index contributed by atoms with van der Waals surface area (Å²) in [7, 11) is 0. The normalized spacial score (nSPS) is 18.6. The highest BCUT2D eigenvalue weighted by Crippen LogP contribution is 2.33. The number of carbonyl (C=O) groups is 1. The first-order valence-electron chi connectivity index (χ1n) is 11.3. The number of anilines is 1. The van der Waals surface area contributed by atoms with Crippen LogP contribution in [0, 0.1) is 5.92 Å². The summed E-state index contributed by atoms with van der Waals surface area (Å²) in [6.07, 6.45) is 15.1. The van der Waals surface area contributed by atoms with Gasteiger partial charge in [0.05, 0.1) is 6.42 Å².